The molecule has 3 rings (SSSR count). The number of aromatic nitrogens is 1. The summed E-state index contributed by atoms with van der Waals surface area (Å²) in [5, 5.41) is 15.3. The second-order valence-electron chi connectivity index (χ2n) is 4.08. The van der Waals surface area contributed by atoms with Gasteiger partial charge in [-0.05, 0) is 35.9 Å². The first-order valence-electron chi connectivity index (χ1n) is 5.39. The number of aryl methyl sites for hydroxylation is 1. The third kappa shape index (κ3) is 1.76. The van der Waals surface area contributed by atoms with E-state index < -0.39 is 0 Å². The van der Waals surface area contributed by atoms with Crippen LogP contribution in [0.5, 0.6) is 5.75 Å². The minimum Gasteiger partial charge on any atom is -0.508 e. The molecule has 0 bridgehead atoms. The SMILES string of the molecule is Cc1cc(-c2ccc3cc(O)ccc3c2)on1. The van der Waals surface area contributed by atoms with Crippen molar-refractivity contribution in [3.8, 4) is 17.1 Å². The number of hydrogen-bond acceptors (Lipinski definition) is 3. The molecule has 3 nitrogen and oxygen atoms in total. The molecule has 3 heteroatoms. The van der Waals surface area contributed by atoms with Crippen molar-refractivity contribution in [3.05, 3.63) is 48.2 Å². The minimum absolute atomic E-state index is 0.278. The van der Waals surface area contributed by atoms with E-state index in [0.717, 1.165) is 27.8 Å². The van der Waals surface area contributed by atoms with Gasteiger partial charge in [0.15, 0.2) is 5.76 Å². The molecule has 0 amide bonds. The first kappa shape index (κ1) is 9.90. The maximum atomic E-state index is 9.39. The highest BCUT2D eigenvalue weighted by Crippen LogP contribution is 2.26. The lowest BCUT2D eigenvalue weighted by Gasteiger charge is -2.01. The number of phenols is 1. The summed E-state index contributed by atoms with van der Waals surface area (Å²) < 4.78 is 5.22. The van der Waals surface area contributed by atoms with Crippen LogP contribution in [0.1, 0.15) is 5.69 Å². The molecule has 0 saturated carbocycles. The first-order chi connectivity index (χ1) is 8.22. The van der Waals surface area contributed by atoms with Crippen molar-refractivity contribution in [2.45, 2.75) is 6.92 Å². The Bertz CT molecular complexity index is 686. The summed E-state index contributed by atoms with van der Waals surface area (Å²) in [5.41, 5.74) is 1.86. The van der Waals surface area contributed by atoms with Gasteiger partial charge in [-0.1, -0.05) is 23.4 Å². The summed E-state index contributed by atoms with van der Waals surface area (Å²) >= 11 is 0. The number of benzene rings is 2. The number of nitrogens with zero attached hydrogens (tertiary/aromatic N) is 1. The zero-order valence-corrected chi connectivity index (χ0v) is 9.34. The highest BCUT2D eigenvalue weighted by Gasteiger charge is 2.05. The zero-order chi connectivity index (χ0) is 11.8. The Labute approximate surface area is 98.3 Å². The molecule has 0 spiro atoms. The number of rotatable bonds is 1. The van der Waals surface area contributed by atoms with Crippen molar-refractivity contribution < 1.29 is 9.63 Å². The lowest BCUT2D eigenvalue weighted by atomic mass is 10.1. The van der Waals surface area contributed by atoms with Crippen LogP contribution in [0.2, 0.25) is 0 Å². The summed E-state index contributed by atoms with van der Waals surface area (Å²) in [4.78, 5) is 0. The van der Waals surface area contributed by atoms with Gasteiger partial charge in [-0.15, -0.1) is 0 Å². The first-order valence-corrected chi connectivity index (χ1v) is 5.39. The van der Waals surface area contributed by atoms with Crippen LogP contribution in [-0.4, -0.2) is 10.3 Å². The van der Waals surface area contributed by atoms with Gasteiger partial charge in [0, 0.05) is 11.6 Å². The Morgan fingerprint density at radius 1 is 1.00 bits per heavy atom. The maximum Gasteiger partial charge on any atom is 0.167 e. The van der Waals surface area contributed by atoms with Crippen LogP contribution in [0, 0.1) is 6.92 Å². The molecule has 0 aliphatic rings. The number of fused-ring (bicyclic) bond motifs is 1. The zero-order valence-electron chi connectivity index (χ0n) is 9.34. The molecule has 84 valence electrons. The lowest BCUT2D eigenvalue weighted by Crippen LogP contribution is -1.76. The van der Waals surface area contributed by atoms with Gasteiger partial charge in [0.1, 0.15) is 5.75 Å². The predicted molar refractivity (Wildman–Crippen MR) is 65.8 cm³/mol. The normalized spacial score (nSPS) is 10.9. The molecule has 1 heterocycles. The number of phenolic OH excluding ortho intramolecular Hbond substituents is 1. The van der Waals surface area contributed by atoms with E-state index in [2.05, 4.69) is 5.16 Å². The van der Waals surface area contributed by atoms with Crippen molar-refractivity contribution in [2.24, 2.45) is 0 Å². The van der Waals surface area contributed by atoms with Crippen LogP contribution in [0.3, 0.4) is 0 Å². The Morgan fingerprint density at radius 3 is 2.53 bits per heavy atom. The fourth-order valence-electron chi connectivity index (χ4n) is 1.89. The van der Waals surface area contributed by atoms with Crippen molar-refractivity contribution in [1.82, 2.24) is 5.16 Å². The summed E-state index contributed by atoms with van der Waals surface area (Å²) in [6.45, 7) is 1.89. The van der Waals surface area contributed by atoms with Gasteiger partial charge in [-0.3, -0.25) is 0 Å². The maximum absolute atomic E-state index is 9.39. The van der Waals surface area contributed by atoms with E-state index in [1.807, 2.05) is 37.3 Å². The molecular formula is C14H11NO2. The Kier molecular flexibility index (Phi) is 2.11. The van der Waals surface area contributed by atoms with Gasteiger partial charge in [0.2, 0.25) is 0 Å². The van der Waals surface area contributed by atoms with E-state index >= 15 is 0 Å². The average Bonchev–Trinajstić information content (AvgIpc) is 2.75. The summed E-state index contributed by atoms with van der Waals surface area (Å²) in [7, 11) is 0. The Balaban J connectivity index is 2.16. The molecule has 0 aliphatic heterocycles. The second kappa shape index (κ2) is 3.63. The molecule has 0 saturated heterocycles. The molecule has 0 aliphatic carbocycles. The van der Waals surface area contributed by atoms with E-state index in [9.17, 15) is 5.11 Å². The average molecular weight is 225 g/mol. The van der Waals surface area contributed by atoms with Gasteiger partial charge < -0.3 is 9.63 Å². The second-order valence-corrected chi connectivity index (χ2v) is 4.08. The number of aromatic hydroxyl groups is 1. The largest absolute Gasteiger partial charge is 0.508 e. The highest BCUT2D eigenvalue weighted by atomic mass is 16.5. The lowest BCUT2D eigenvalue weighted by molar-refractivity contribution is 0.427. The van der Waals surface area contributed by atoms with Gasteiger partial charge in [-0.2, -0.15) is 0 Å². The van der Waals surface area contributed by atoms with Gasteiger partial charge in [-0.25, -0.2) is 0 Å². The number of hydrogen-bond donors (Lipinski definition) is 1. The Hall–Kier alpha value is -2.29. The molecule has 17 heavy (non-hydrogen) atoms. The van der Waals surface area contributed by atoms with Crippen molar-refractivity contribution in [3.63, 3.8) is 0 Å². The van der Waals surface area contributed by atoms with E-state index in [4.69, 9.17) is 4.52 Å². The van der Waals surface area contributed by atoms with E-state index in [0.29, 0.717) is 0 Å². The molecule has 3 aromatic rings. The van der Waals surface area contributed by atoms with E-state index in [-0.39, 0.29) is 5.75 Å². The van der Waals surface area contributed by atoms with Crippen LogP contribution >= 0.6 is 0 Å². The molecule has 0 unspecified atom stereocenters. The predicted octanol–water partition coefficient (Wildman–Crippen LogP) is 3.51. The molecule has 2 aromatic carbocycles. The molecule has 1 N–H and O–H groups in total. The topological polar surface area (TPSA) is 46.3 Å². The summed E-state index contributed by atoms with van der Waals surface area (Å²) in [5.74, 6) is 1.04. The molecule has 0 radical (unpaired) electrons. The fraction of sp³-hybridized carbons (Fsp3) is 0.0714. The van der Waals surface area contributed by atoms with Gasteiger partial charge in [0.25, 0.3) is 0 Å². The Morgan fingerprint density at radius 2 is 1.76 bits per heavy atom. The van der Waals surface area contributed by atoms with Crippen LogP contribution < -0.4 is 0 Å². The summed E-state index contributed by atoms with van der Waals surface area (Å²) in [6.07, 6.45) is 0. The molecule has 0 fully saturated rings. The van der Waals surface area contributed by atoms with Crippen LogP contribution in [0.15, 0.2) is 47.0 Å². The molecular weight excluding hydrogens is 214 g/mol. The highest BCUT2D eigenvalue weighted by molar-refractivity contribution is 5.87. The third-order valence-electron chi connectivity index (χ3n) is 2.74. The quantitative estimate of drug-likeness (QED) is 0.689. The van der Waals surface area contributed by atoms with Crippen molar-refractivity contribution in [1.29, 1.82) is 0 Å². The van der Waals surface area contributed by atoms with Gasteiger partial charge >= 0.3 is 0 Å². The van der Waals surface area contributed by atoms with E-state index in [1.165, 1.54) is 0 Å². The monoisotopic (exact) mass is 225 g/mol. The smallest absolute Gasteiger partial charge is 0.167 e. The van der Waals surface area contributed by atoms with Crippen molar-refractivity contribution >= 4 is 10.8 Å². The molecule has 1 aromatic heterocycles. The van der Waals surface area contributed by atoms with Crippen LogP contribution in [0.4, 0.5) is 0 Å². The molecule has 0 atom stereocenters. The van der Waals surface area contributed by atoms with Crippen LogP contribution in [-0.2, 0) is 0 Å². The standard InChI is InChI=1S/C14H11NO2/c1-9-6-14(17-15-9)12-3-2-11-8-13(16)5-4-10(11)7-12/h2-8,16H,1H3. The van der Waals surface area contributed by atoms with Crippen molar-refractivity contribution in [2.75, 3.05) is 0 Å². The van der Waals surface area contributed by atoms with Gasteiger partial charge in [0.05, 0.1) is 5.69 Å². The minimum atomic E-state index is 0.278. The fourth-order valence-corrected chi connectivity index (χ4v) is 1.89. The van der Waals surface area contributed by atoms with E-state index in [1.54, 1.807) is 12.1 Å². The summed E-state index contributed by atoms with van der Waals surface area (Å²) in [6, 6.07) is 13.2. The van der Waals surface area contributed by atoms with Crippen LogP contribution in [0.25, 0.3) is 22.1 Å². The third-order valence-corrected chi connectivity index (χ3v) is 2.74.